The first-order valence-electron chi connectivity index (χ1n) is 6.81. The Labute approximate surface area is 134 Å². The number of aromatic amines is 1. The van der Waals surface area contributed by atoms with Crippen LogP contribution in [0.3, 0.4) is 0 Å². The van der Waals surface area contributed by atoms with E-state index in [-0.39, 0.29) is 16.5 Å². The van der Waals surface area contributed by atoms with Crippen molar-refractivity contribution in [1.29, 1.82) is 5.26 Å². The maximum atomic E-state index is 13.8. The molecule has 0 radical (unpaired) electrons. The minimum Gasteiger partial charge on any atom is -0.360 e. The number of rotatable bonds is 2. The Morgan fingerprint density at radius 3 is 2.54 bits per heavy atom. The van der Waals surface area contributed by atoms with Gasteiger partial charge in [-0.1, -0.05) is 0 Å². The van der Waals surface area contributed by atoms with E-state index in [0.29, 0.717) is 17.3 Å². The largest absolute Gasteiger partial charge is 0.360 e. The number of H-pyrrole nitrogens is 1. The molecule has 0 saturated carbocycles. The summed E-state index contributed by atoms with van der Waals surface area (Å²) in [5.41, 5.74) is -0.393. The average molecular weight is 325 g/mol. The number of pyridine rings is 1. The number of carbonyl (C=O) groups excluding carboxylic acids is 1. The highest BCUT2D eigenvalue weighted by atomic mass is 19.1. The van der Waals surface area contributed by atoms with E-state index in [1.807, 2.05) is 6.07 Å². The van der Waals surface area contributed by atoms with E-state index in [1.165, 1.54) is 24.3 Å². The molecule has 0 bridgehead atoms. The molecular formula is C17H9F2N3O2. The Hall–Kier alpha value is -3.53. The smallest absolute Gasteiger partial charge is 0.261 e. The van der Waals surface area contributed by atoms with Gasteiger partial charge in [-0.25, -0.2) is 8.78 Å². The summed E-state index contributed by atoms with van der Waals surface area (Å²) < 4.78 is 27.0. The van der Waals surface area contributed by atoms with Gasteiger partial charge in [0.15, 0.2) is 0 Å². The lowest BCUT2D eigenvalue weighted by Crippen LogP contribution is -2.22. The third-order valence-corrected chi connectivity index (χ3v) is 3.42. The number of hydrogen-bond donors (Lipinski definition) is 2. The zero-order chi connectivity index (χ0) is 17.3. The van der Waals surface area contributed by atoms with Crippen LogP contribution in [0.4, 0.5) is 14.5 Å². The van der Waals surface area contributed by atoms with Crippen molar-refractivity contribution in [2.24, 2.45) is 0 Å². The molecule has 0 aliphatic rings. The van der Waals surface area contributed by atoms with Crippen molar-refractivity contribution in [3.8, 4) is 6.07 Å². The number of nitriles is 1. The van der Waals surface area contributed by atoms with Crippen molar-refractivity contribution in [1.82, 2.24) is 4.98 Å². The van der Waals surface area contributed by atoms with Gasteiger partial charge >= 0.3 is 0 Å². The van der Waals surface area contributed by atoms with Gasteiger partial charge in [0, 0.05) is 18.0 Å². The molecule has 0 aliphatic heterocycles. The van der Waals surface area contributed by atoms with Crippen molar-refractivity contribution in [2.75, 3.05) is 5.32 Å². The lowest BCUT2D eigenvalue weighted by atomic mass is 10.1. The molecule has 1 heterocycles. The lowest BCUT2D eigenvalue weighted by Gasteiger charge is -2.06. The molecule has 0 unspecified atom stereocenters. The summed E-state index contributed by atoms with van der Waals surface area (Å²) in [6, 6.07) is 9.51. The van der Waals surface area contributed by atoms with Gasteiger partial charge in [0.25, 0.3) is 5.91 Å². The highest BCUT2D eigenvalue weighted by molar-refractivity contribution is 6.05. The van der Waals surface area contributed by atoms with Crippen LogP contribution < -0.4 is 10.7 Å². The van der Waals surface area contributed by atoms with Crippen LogP contribution in [0.5, 0.6) is 0 Å². The van der Waals surface area contributed by atoms with Crippen molar-refractivity contribution in [3.63, 3.8) is 0 Å². The predicted molar refractivity (Wildman–Crippen MR) is 83.6 cm³/mol. The second-order valence-corrected chi connectivity index (χ2v) is 4.98. The molecule has 0 fully saturated rings. The Balaban J connectivity index is 1.99. The van der Waals surface area contributed by atoms with Gasteiger partial charge < -0.3 is 10.3 Å². The third-order valence-electron chi connectivity index (χ3n) is 3.42. The fraction of sp³-hybridized carbons (Fsp3) is 0. The Morgan fingerprint density at radius 2 is 1.88 bits per heavy atom. The molecule has 0 spiro atoms. The van der Waals surface area contributed by atoms with Crippen LogP contribution in [0.1, 0.15) is 15.9 Å². The molecule has 1 aromatic heterocycles. The number of aromatic nitrogens is 1. The Bertz CT molecular complexity index is 1050. The third kappa shape index (κ3) is 2.73. The SMILES string of the molecule is N#Cc1ccc(NC(=O)c2c[nH]c3cc(F)cc(F)c3c2=O)cc1. The highest BCUT2D eigenvalue weighted by Crippen LogP contribution is 2.16. The number of nitrogens with zero attached hydrogens (tertiary/aromatic N) is 1. The molecule has 0 aliphatic carbocycles. The molecule has 118 valence electrons. The number of benzene rings is 2. The van der Waals surface area contributed by atoms with E-state index in [1.54, 1.807) is 0 Å². The van der Waals surface area contributed by atoms with E-state index < -0.39 is 23.0 Å². The molecule has 5 nitrogen and oxygen atoms in total. The second-order valence-electron chi connectivity index (χ2n) is 4.98. The second kappa shape index (κ2) is 5.93. The van der Waals surface area contributed by atoms with E-state index in [9.17, 15) is 18.4 Å². The number of fused-ring (bicyclic) bond motifs is 1. The summed E-state index contributed by atoms with van der Waals surface area (Å²) in [5, 5.41) is 10.8. The van der Waals surface area contributed by atoms with Crippen molar-refractivity contribution >= 4 is 22.5 Å². The van der Waals surface area contributed by atoms with Gasteiger partial charge in [0.05, 0.1) is 22.5 Å². The first-order chi connectivity index (χ1) is 11.5. The van der Waals surface area contributed by atoms with Gasteiger partial charge in [0.2, 0.25) is 5.43 Å². The first kappa shape index (κ1) is 15.4. The average Bonchev–Trinajstić information content (AvgIpc) is 2.55. The van der Waals surface area contributed by atoms with Crippen LogP contribution in [0.25, 0.3) is 10.9 Å². The van der Waals surface area contributed by atoms with E-state index >= 15 is 0 Å². The van der Waals surface area contributed by atoms with Crippen LogP contribution in [-0.2, 0) is 0 Å². The van der Waals surface area contributed by atoms with Crippen molar-refractivity contribution < 1.29 is 13.6 Å². The maximum Gasteiger partial charge on any atom is 0.261 e. The topological polar surface area (TPSA) is 85.8 Å². The van der Waals surface area contributed by atoms with Crippen LogP contribution in [0.2, 0.25) is 0 Å². The maximum absolute atomic E-state index is 13.8. The van der Waals surface area contributed by atoms with E-state index in [4.69, 9.17) is 5.26 Å². The predicted octanol–water partition coefficient (Wildman–Crippen LogP) is 2.93. The van der Waals surface area contributed by atoms with Gasteiger partial charge in [-0.2, -0.15) is 5.26 Å². The minimum absolute atomic E-state index is 0.0348. The highest BCUT2D eigenvalue weighted by Gasteiger charge is 2.16. The molecule has 2 N–H and O–H groups in total. The van der Waals surface area contributed by atoms with Crippen LogP contribution >= 0.6 is 0 Å². The molecule has 0 saturated heterocycles. The fourth-order valence-electron chi connectivity index (χ4n) is 2.26. The molecule has 24 heavy (non-hydrogen) atoms. The number of halogens is 2. The minimum atomic E-state index is -1.04. The van der Waals surface area contributed by atoms with Crippen molar-refractivity contribution in [2.45, 2.75) is 0 Å². The fourth-order valence-corrected chi connectivity index (χ4v) is 2.26. The van der Waals surface area contributed by atoms with E-state index in [0.717, 1.165) is 12.3 Å². The quantitative estimate of drug-likeness (QED) is 0.759. The Kier molecular flexibility index (Phi) is 3.80. The molecule has 2 aromatic carbocycles. The number of carbonyl (C=O) groups is 1. The zero-order valence-electron chi connectivity index (χ0n) is 12.1. The zero-order valence-corrected chi connectivity index (χ0v) is 12.1. The molecule has 0 atom stereocenters. The first-order valence-corrected chi connectivity index (χ1v) is 6.81. The molecule has 1 amide bonds. The molecule has 3 aromatic rings. The van der Waals surface area contributed by atoms with Crippen LogP contribution in [0, 0.1) is 23.0 Å². The van der Waals surface area contributed by atoms with Crippen LogP contribution in [0.15, 0.2) is 47.4 Å². The summed E-state index contributed by atoms with van der Waals surface area (Å²) in [5.74, 6) is -2.61. The summed E-state index contributed by atoms with van der Waals surface area (Å²) in [6.45, 7) is 0. The van der Waals surface area contributed by atoms with Gasteiger partial charge in [-0.05, 0) is 30.3 Å². The van der Waals surface area contributed by atoms with Crippen LogP contribution in [-0.4, -0.2) is 10.9 Å². The summed E-state index contributed by atoms with van der Waals surface area (Å²) in [4.78, 5) is 27.1. The summed E-state index contributed by atoms with van der Waals surface area (Å²) in [7, 11) is 0. The number of amides is 1. The normalized spacial score (nSPS) is 10.4. The lowest BCUT2D eigenvalue weighted by molar-refractivity contribution is 0.102. The number of anilines is 1. The van der Waals surface area contributed by atoms with Gasteiger partial charge in [-0.3, -0.25) is 9.59 Å². The molecule has 3 rings (SSSR count). The van der Waals surface area contributed by atoms with E-state index in [2.05, 4.69) is 10.3 Å². The number of nitrogens with one attached hydrogen (secondary N) is 2. The molecular weight excluding hydrogens is 316 g/mol. The van der Waals surface area contributed by atoms with Gasteiger partial charge in [-0.15, -0.1) is 0 Å². The Morgan fingerprint density at radius 1 is 1.17 bits per heavy atom. The van der Waals surface area contributed by atoms with Crippen molar-refractivity contribution in [3.05, 3.63) is 75.6 Å². The summed E-state index contributed by atoms with van der Waals surface area (Å²) >= 11 is 0. The standard InChI is InChI=1S/C17H9F2N3O2/c18-10-5-13(19)15-14(6-10)21-8-12(16(15)23)17(24)22-11-3-1-9(7-20)2-4-11/h1-6,8H,(H,21,23)(H,22,24). The molecule has 7 heteroatoms. The van der Waals surface area contributed by atoms with Gasteiger partial charge in [0.1, 0.15) is 17.2 Å². The number of hydrogen-bond acceptors (Lipinski definition) is 3. The summed E-state index contributed by atoms with van der Waals surface area (Å²) in [6.07, 6.45) is 1.10. The monoisotopic (exact) mass is 325 g/mol.